The van der Waals surface area contributed by atoms with E-state index in [1.165, 1.54) is 11.3 Å². The summed E-state index contributed by atoms with van der Waals surface area (Å²) >= 11 is 1.38. The van der Waals surface area contributed by atoms with Crippen LogP contribution in [0, 0.1) is 0 Å². The standard InChI is InChI=1S/C19H20N4O4S/c1-20-8-15(19-21-7-12(9-24)28-19)23-18(25)14-4-3-13(22-14)11-2-5-16-17(6-11)27-10-26-16/h2-7,15,20,22,24H,8-10H2,1H3,(H,23,25). The molecule has 4 N–H and O–H groups in total. The maximum absolute atomic E-state index is 12.7. The number of likely N-dealkylation sites (N-methyl/N-ethyl adjacent to an activating group) is 1. The van der Waals surface area contributed by atoms with Gasteiger partial charge in [0.1, 0.15) is 10.7 Å². The van der Waals surface area contributed by atoms with Gasteiger partial charge in [0.15, 0.2) is 11.5 Å². The van der Waals surface area contributed by atoms with Crippen molar-refractivity contribution in [3.05, 3.63) is 52.1 Å². The Labute approximate surface area is 165 Å². The van der Waals surface area contributed by atoms with E-state index in [4.69, 9.17) is 9.47 Å². The summed E-state index contributed by atoms with van der Waals surface area (Å²) in [5.41, 5.74) is 2.17. The first-order chi connectivity index (χ1) is 13.7. The molecule has 4 rings (SSSR count). The SMILES string of the molecule is CNCC(NC(=O)c1ccc(-c2ccc3c(c2)OCO3)[nH]1)c1ncc(CO)s1. The molecule has 0 spiro atoms. The number of fused-ring (bicyclic) bond motifs is 1. The van der Waals surface area contributed by atoms with Crippen LogP contribution in [0.5, 0.6) is 11.5 Å². The molecular weight excluding hydrogens is 380 g/mol. The van der Waals surface area contributed by atoms with E-state index < -0.39 is 0 Å². The molecule has 1 amide bonds. The molecule has 8 nitrogen and oxygen atoms in total. The minimum atomic E-state index is -0.292. The lowest BCUT2D eigenvalue weighted by molar-refractivity contribution is 0.0932. The Morgan fingerprint density at radius 3 is 2.96 bits per heavy atom. The third kappa shape index (κ3) is 3.72. The molecule has 9 heteroatoms. The number of hydrogen-bond acceptors (Lipinski definition) is 7. The van der Waals surface area contributed by atoms with Crippen LogP contribution in [0.3, 0.4) is 0 Å². The average Bonchev–Trinajstić information content (AvgIpc) is 3.47. The van der Waals surface area contributed by atoms with Crippen molar-refractivity contribution in [1.29, 1.82) is 0 Å². The largest absolute Gasteiger partial charge is 0.454 e. The van der Waals surface area contributed by atoms with Gasteiger partial charge in [-0.2, -0.15) is 0 Å². The minimum absolute atomic E-state index is 0.0621. The molecule has 3 heterocycles. The first-order valence-electron chi connectivity index (χ1n) is 8.78. The van der Waals surface area contributed by atoms with Gasteiger partial charge in [0.25, 0.3) is 5.91 Å². The number of carbonyl (C=O) groups is 1. The highest BCUT2D eigenvalue weighted by molar-refractivity contribution is 7.11. The maximum atomic E-state index is 12.7. The van der Waals surface area contributed by atoms with Crippen LogP contribution in [0.25, 0.3) is 11.3 Å². The summed E-state index contributed by atoms with van der Waals surface area (Å²) in [4.78, 5) is 20.9. The van der Waals surface area contributed by atoms with Gasteiger partial charge in [-0.15, -0.1) is 11.3 Å². The van der Waals surface area contributed by atoms with Gasteiger partial charge >= 0.3 is 0 Å². The third-order valence-corrected chi connectivity index (χ3v) is 5.45. The first kappa shape index (κ1) is 18.5. The smallest absolute Gasteiger partial charge is 0.268 e. The number of aliphatic hydroxyl groups is 1. The number of amides is 1. The molecule has 146 valence electrons. The van der Waals surface area contributed by atoms with Crippen molar-refractivity contribution >= 4 is 17.2 Å². The van der Waals surface area contributed by atoms with E-state index in [0.29, 0.717) is 23.7 Å². The molecule has 1 aromatic carbocycles. The zero-order chi connectivity index (χ0) is 19.5. The van der Waals surface area contributed by atoms with Gasteiger partial charge in [-0.1, -0.05) is 0 Å². The van der Waals surface area contributed by atoms with Crippen molar-refractivity contribution in [1.82, 2.24) is 20.6 Å². The molecule has 0 bridgehead atoms. The van der Waals surface area contributed by atoms with Crippen molar-refractivity contribution < 1.29 is 19.4 Å². The number of thiazole rings is 1. The van der Waals surface area contributed by atoms with Gasteiger partial charge in [0, 0.05) is 24.0 Å². The molecule has 0 radical (unpaired) electrons. The second kappa shape index (κ2) is 8.01. The summed E-state index contributed by atoms with van der Waals surface area (Å²) in [5, 5.41) is 16.0. The monoisotopic (exact) mass is 400 g/mol. The molecule has 1 aliphatic heterocycles. The lowest BCUT2D eigenvalue weighted by Crippen LogP contribution is -2.34. The van der Waals surface area contributed by atoms with Gasteiger partial charge in [-0.05, 0) is 37.4 Å². The lowest BCUT2D eigenvalue weighted by atomic mass is 10.1. The van der Waals surface area contributed by atoms with Crippen LogP contribution in [-0.4, -0.2) is 41.4 Å². The Kier molecular flexibility index (Phi) is 5.29. The molecule has 0 saturated heterocycles. The summed E-state index contributed by atoms with van der Waals surface area (Å²) in [6, 6.07) is 8.95. The zero-order valence-corrected chi connectivity index (χ0v) is 16.0. The summed E-state index contributed by atoms with van der Waals surface area (Å²) in [6.45, 7) is 0.687. The number of aromatic amines is 1. The number of rotatable bonds is 7. The minimum Gasteiger partial charge on any atom is -0.454 e. The predicted octanol–water partition coefficient (Wildman–Crippen LogP) is 2.05. The van der Waals surface area contributed by atoms with E-state index in [9.17, 15) is 9.90 Å². The number of H-pyrrole nitrogens is 1. The summed E-state index contributed by atoms with van der Waals surface area (Å²) < 4.78 is 10.7. The molecular formula is C19H20N4O4S. The van der Waals surface area contributed by atoms with Crippen LogP contribution in [0.1, 0.15) is 26.4 Å². The molecule has 1 atom stereocenters. The Morgan fingerprint density at radius 2 is 2.18 bits per heavy atom. The van der Waals surface area contributed by atoms with E-state index >= 15 is 0 Å². The van der Waals surface area contributed by atoms with Crippen molar-refractivity contribution in [2.75, 3.05) is 20.4 Å². The van der Waals surface area contributed by atoms with E-state index in [-0.39, 0.29) is 25.3 Å². The topological polar surface area (TPSA) is 108 Å². The fourth-order valence-electron chi connectivity index (χ4n) is 2.96. The second-order valence-electron chi connectivity index (χ2n) is 6.26. The molecule has 3 aromatic rings. The molecule has 2 aromatic heterocycles. The predicted molar refractivity (Wildman–Crippen MR) is 105 cm³/mol. The van der Waals surface area contributed by atoms with Crippen LogP contribution >= 0.6 is 11.3 Å². The highest BCUT2D eigenvalue weighted by Crippen LogP contribution is 2.35. The third-order valence-electron chi connectivity index (χ3n) is 4.35. The number of aliphatic hydroxyl groups excluding tert-OH is 1. The molecule has 0 aliphatic carbocycles. The Balaban J connectivity index is 1.50. The van der Waals surface area contributed by atoms with Crippen molar-refractivity contribution in [3.63, 3.8) is 0 Å². The van der Waals surface area contributed by atoms with Crippen molar-refractivity contribution in [3.8, 4) is 22.8 Å². The van der Waals surface area contributed by atoms with Crippen LogP contribution in [0.15, 0.2) is 36.5 Å². The Hall–Kier alpha value is -2.88. The Morgan fingerprint density at radius 1 is 1.32 bits per heavy atom. The number of ether oxygens (including phenoxy) is 2. The van der Waals surface area contributed by atoms with Crippen molar-refractivity contribution in [2.45, 2.75) is 12.6 Å². The number of hydrogen-bond donors (Lipinski definition) is 4. The molecule has 0 fully saturated rings. The van der Waals surface area contributed by atoms with Gasteiger partial charge in [-0.3, -0.25) is 4.79 Å². The number of nitrogens with one attached hydrogen (secondary N) is 3. The molecule has 0 saturated carbocycles. The average molecular weight is 400 g/mol. The number of nitrogens with zero attached hydrogens (tertiary/aromatic N) is 1. The summed E-state index contributed by atoms with van der Waals surface area (Å²) in [7, 11) is 1.81. The normalized spacial score (nSPS) is 13.5. The number of aromatic nitrogens is 2. The fourth-order valence-corrected chi connectivity index (χ4v) is 3.79. The highest BCUT2D eigenvalue weighted by Gasteiger charge is 2.20. The summed E-state index contributed by atoms with van der Waals surface area (Å²) in [5.74, 6) is 1.18. The lowest BCUT2D eigenvalue weighted by Gasteiger charge is -2.15. The van der Waals surface area contributed by atoms with Gasteiger partial charge < -0.3 is 30.2 Å². The maximum Gasteiger partial charge on any atom is 0.268 e. The van der Waals surface area contributed by atoms with Crippen LogP contribution in [0.2, 0.25) is 0 Å². The second-order valence-corrected chi connectivity index (χ2v) is 7.41. The molecule has 28 heavy (non-hydrogen) atoms. The van der Waals surface area contributed by atoms with Crippen LogP contribution in [-0.2, 0) is 6.61 Å². The Bertz CT molecular complexity index is 984. The fraction of sp³-hybridized carbons (Fsp3) is 0.263. The van der Waals surface area contributed by atoms with E-state index in [0.717, 1.165) is 21.1 Å². The molecule has 1 unspecified atom stereocenters. The van der Waals surface area contributed by atoms with Crippen molar-refractivity contribution in [2.24, 2.45) is 0 Å². The molecule has 1 aliphatic rings. The van der Waals surface area contributed by atoms with E-state index in [1.54, 1.807) is 12.3 Å². The number of benzene rings is 1. The van der Waals surface area contributed by atoms with Gasteiger partial charge in [0.05, 0.1) is 17.5 Å². The van der Waals surface area contributed by atoms with E-state index in [2.05, 4.69) is 20.6 Å². The highest BCUT2D eigenvalue weighted by atomic mass is 32.1. The summed E-state index contributed by atoms with van der Waals surface area (Å²) in [6.07, 6.45) is 1.63. The van der Waals surface area contributed by atoms with Gasteiger partial charge in [-0.25, -0.2) is 4.98 Å². The van der Waals surface area contributed by atoms with Crippen LogP contribution in [0.4, 0.5) is 0 Å². The van der Waals surface area contributed by atoms with Crippen LogP contribution < -0.4 is 20.1 Å². The number of carbonyl (C=O) groups excluding carboxylic acids is 1. The zero-order valence-electron chi connectivity index (χ0n) is 15.2. The van der Waals surface area contributed by atoms with Gasteiger partial charge in [0.2, 0.25) is 6.79 Å². The quantitative estimate of drug-likeness (QED) is 0.483. The van der Waals surface area contributed by atoms with E-state index in [1.807, 2.05) is 31.3 Å². The first-order valence-corrected chi connectivity index (χ1v) is 9.59.